The Morgan fingerprint density at radius 2 is 2.29 bits per heavy atom. The van der Waals surface area contributed by atoms with Crippen molar-refractivity contribution in [2.45, 2.75) is 19.8 Å². The maximum atomic E-state index is 13.5. The van der Waals surface area contributed by atoms with Gasteiger partial charge in [-0.3, -0.25) is 4.79 Å². The lowest BCUT2D eigenvalue weighted by Gasteiger charge is -2.11. The summed E-state index contributed by atoms with van der Waals surface area (Å²) in [5.74, 6) is 0.404. The van der Waals surface area contributed by atoms with Crippen LogP contribution in [0.1, 0.15) is 30.1 Å². The minimum absolute atomic E-state index is 0.108. The highest BCUT2D eigenvalue weighted by molar-refractivity contribution is 9.10. The average Bonchev–Trinajstić information content (AvgIpc) is 3.09. The van der Waals surface area contributed by atoms with Crippen LogP contribution in [0.5, 0.6) is 0 Å². The summed E-state index contributed by atoms with van der Waals surface area (Å²) in [6, 6.07) is 4.47. The van der Waals surface area contributed by atoms with Gasteiger partial charge in [-0.15, -0.1) is 0 Å². The van der Waals surface area contributed by atoms with Gasteiger partial charge in [-0.2, -0.15) is 0 Å². The summed E-state index contributed by atoms with van der Waals surface area (Å²) < 4.78 is 14.1. The highest BCUT2D eigenvalue weighted by Gasteiger charge is 2.28. The Morgan fingerprint density at radius 1 is 1.59 bits per heavy atom. The SMILES string of the molecule is CC(CNC(=O)c1ccc(Br)cc1F)C1CC1. The molecule has 1 aromatic rings. The number of amides is 1. The van der Waals surface area contributed by atoms with Gasteiger partial charge in [-0.25, -0.2) is 4.39 Å². The zero-order chi connectivity index (χ0) is 12.4. The molecule has 0 spiro atoms. The number of hydrogen-bond donors (Lipinski definition) is 1. The van der Waals surface area contributed by atoms with E-state index >= 15 is 0 Å². The van der Waals surface area contributed by atoms with E-state index < -0.39 is 5.82 Å². The van der Waals surface area contributed by atoms with E-state index in [2.05, 4.69) is 28.2 Å². The largest absolute Gasteiger partial charge is 0.352 e. The Morgan fingerprint density at radius 3 is 2.88 bits per heavy atom. The van der Waals surface area contributed by atoms with Gasteiger partial charge in [-0.05, 0) is 42.9 Å². The van der Waals surface area contributed by atoms with E-state index in [0.717, 1.165) is 5.92 Å². The Kier molecular flexibility index (Phi) is 3.82. The molecular weight excluding hydrogens is 285 g/mol. The fourth-order valence-corrected chi connectivity index (χ4v) is 2.19. The standard InChI is InChI=1S/C13H15BrFNO/c1-8(9-2-3-9)7-16-13(17)11-5-4-10(14)6-12(11)15/h4-6,8-9H,2-3,7H2,1H3,(H,16,17). The molecule has 1 aromatic carbocycles. The first-order valence-electron chi connectivity index (χ1n) is 5.81. The predicted molar refractivity (Wildman–Crippen MR) is 68.3 cm³/mol. The molecule has 17 heavy (non-hydrogen) atoms. The third kappa shape index (κ3) is 3.28. The van der Waals surface area contributed by atoms with Gasteiger partial charge < -0.3 is 5.32 Å². The van der Waals surface area contributed by atoms with Crippen molar-refractivity contribution >= 4 is 21.8 Å². The van der Waals surface area contributed by atoms with Gasteiger partial charge in [0.25, 0.3) is 5.91 Å². The van der Waals surface area contributed by atoms with Crippen LogP contribution in [0.15, 0.2) is 22.7 Å². The number of hydrogen-bond acceptors (Lipinski definition) is 1. The monoisotopic (exact) mass is 299 g/mol. The number of benzene rings is 1. The van der Waals surface area contributed by atoms with E-state index in [-0.39, 0.29) is 11.5 Å². The van der Waals surface area contributed by atoms with Gasteiger partial charge in [0.15, 0.2) is 0 Å². The highest BCUT2D eigenvalue weighted by atomic mass is 79.9. The Labute approximate surface area is 109 Å². The second kappa shape index (κ2) is 5.17. The molecule has 0 heterocycles. The Balaban J connectivity index is 1.94. The molecular formula is C13H15BrFNO. The smallest absolute Gasteiger partial charge is 0.254 e. The molecule has 0 aliphatic heterocycles. The van der Waals surface area contributed by atoms with Gasteiger partial charge >= 0.3 is 0 Å². The zero-order valence-electron chi connectivity index (χ0n) is 9.67. The molecule has 0 bridgehead atoms. The van der Waals surface area contributed by atoms with E-state index in [9.17, 15) is 9.18 Å². The van der Waals surface area contributed by atoms with Gasteiger partial charge in [0, 0.05) is 11.0 Å². The van der Waals surface area contributed by atoms with Crippen LogP contribution in [0.4, 0.5) is 4.39 Å². The van der Waals surface area contributed by atoms with Gasteiger partial charge in [0.1, 0.15) is 5.82 Å². The maximum Gasteiger partial charge on any atom is 0.254 e. The molecule has 4 heteroatoms. The molecule has 1 unspecified atom stereocenters. The number of rotatable bonds is 4. The molecule has 2 nitrogen and oxygen atoms in total. The van der Waals surface area contributed by atoms with Crippen molar-refractivity contribution in [3.05, 3.63) is 34.1 Å². The van der Waals surface area contributed by atoms with Crippen LogP contribution >= 0.6 is 15.9 Å². The third-order valence-electron chi connectivity index (χ3n) is 3.19. The quantitative estimate of drug-likeness (QED) is 0.907. The molecule has 0 radical (unpaired) electrons. The third-order valence-corrected chi connectivity index (χ3v) is 3.68. The maximum absolute atomic E-state index is 13.5. The predicted octanol–water partition coefficient (Wildman–Crippen LogP) is 3.36. The van der Waals surface area contributed by atoms with Crippen LogP contribution in [0.25, 0.3) is 0 Å². The lowest BCUT2D eigenvalue weighted by atomic mass is 10.1. The molecule has 2 rings (SSSR count). The van der Waals surface area contributed by atoms with E-state index in [0.29, 0.717) is 16.9 Å². The topological polar surface area (TPSA) is 29.1 Å². The van der Waals surface area contributed by atoms with Crippen LogP contribution in [0.2, 0.25) is 0 Å². The van der Waals surface area contributed by atoms with Gasteiger partial charge in [-0.1, -0.05) is 22.9 Å². The van der Waals surface area contributed by atoms with E-state index in [4.69, 9.17) is 0 Å². The summed E-state index contributed by atoms with van der Waals surface area (Å²) >= 11 is 3.16. The molecule has 1 atom stereocenters. The van der Waals surface area contributed by atoms with Gasteiger partial charge in [0.05, 0.1) is 5.56 Å². The highest BCUT2D eigenvalue weighted by Crippen LogP contribution is 2.36. The minimum Gasteiger partial charge on any atom is -0.352 e. The first kappa shape index (κ1) is 12.6. The molecule has 1 saturated carbocycles. The molecule has 92 valence electrons. The molecule has 1 aliphatic rings. The van der Waals surface area contributed by atoms with Crippen LogP contribution in [-0.4, -0.2) is 12.5 Å². The number of carbonyl (C=O) groups is 1. The van der Waals surface area contributed by atoms with Crippen LogP contribution in [0.3, 0.4) is 0 Å². The van der Waals surface area contributed by atoms with Crippen molar-refractivity contribution in [1.82, 2.24) is 5.32 Å². The molecule has 1 aliphatic carbocycles. The molecule has 1 amide bonds. The average molecular weight is 300 g/mol. The lowest BCUT2D eigenvalue weighted by Crippen LogP contribution is -2.29. The number of halogens is 2. The second-order valence-electron chi connectivity index (χ2n) is 4.65. The first-order chi connectivity index (χ1) is 8.08. The summed E-state index contributed by atoms with van der Waals surface area (Å²) in [5, 5.41) is 2.79. The van der Waals surface area contributed by atoms with Crippen molar-refractivity contribution in [3.63, 3.8) is 0 Å². The van der Waals surface area contributed by atoms with Crippen molar-refractivity contribution < 1.29 is 9.18 Å². The van der Waals surface area contributed by atoms with E-state index in [1.54, 1.807) is 6.07 Å². The Hall–Kier alpha value is -0.900. The molecule has 0 aromatic heterocycles. The van der Waals surface area contributed by atoms with Crippen molar-refractivity contribution in [1.29, 1.82) is 0 Å². The van der Waals surface area contributed by atoms with E-state index in [1.165, 1.54) is 25.0 Å². The second-order valence-corrected chi connectivity index (χ2v) is 5.56. The van der Waals surface area contributed by atoms with Crippen molar-refractivity contribution in [3.8, 4) is 0 Å². The van der Waals surface area contributed by atoms with Crippen LogP contribution in [0, 0.1) is 17.7 Å². The fourth-order valence-electron chi connectivity index (χ4n) is 1.85. The number of carbonyl (C=O) groups excluding carboxylic acids is 1. The zero-order valence-corrected chi connectivity index (χ0v) is 11.3. The number of nitrogens with one attached hydrogen (secondary N) is 1. The minimum atomic E-state index is -0.490. The van der Waals surface area contributed by atoms with Crippen LogP contribution in [-0.2, 0) is 0 Å². The normalized spacial score (nSPS) is 16.6. The summed E-state index contributed by atoms with van der Waals surface area (Å²) in [4.78, 5) is 11.8. The summed E-state index contributed by atoms with van der Waals surface area (Å²) in [6.45, 7) is 2.74. The first-order valence-corrected chi connectivity index (χ1v) is 6.60. The fraction of sp³-hybridized carbons (Fsp3) is 0.462. The summed E-state index contributed by atoms with van der Waals surface area (Å²) in [6.07, 6.45) is 2.51. The van der Waals surface area contributed by atoms with Crippen molar-refractivity contribution in [2.24, 2.45) is 11.8 Å². The van der Waals surface area contributed by atoms with Crippen LogP contribution < -0.4 is 5.32 Å². The van der Waals surface area contributed by atoms with Crippen molar-refractivity contribution in [2.75, 3.05) is 6.54 Å². The van der Waals surface area contributed by atoms with Gasteiger partial charge in [0.2, 0.25) is 0 Å². The summed E-state index contributed by atoms with van der Waals surface area (Å²) in [7, 11) is 0. The molecule has 0 saturated heterocycles. The lowest BCUT2D eigenvalue weighted by molar-refractivity contribution is 0.0942. The molecule has 1 N–H and O–H groups in total. The Bertz CT molecular complexity index is 431. The summed E-state index contributed by atoms with van der Waals surface area (Å²) in [5.41, 5.74) is 0.108. The van der Waals surface area contributed by atoms with E-state index in [1.807, 2.05) is 0 Å². The molecule has 1 fully saturated rings.